The minimum Gasteiger partial charge on any atom is -0.497 e. The van der Waals surface area contributed by atoms with E-state index >= 15 is 0 Å². The zero-order valence-corrected chi connectivity index (χ0v) is 16.2. The van der Waals surface area contributed by atoms with Gasteiger partial charge in [0.2, 0.25) is 5.91 Å². The SMILES string of the molecule is COc1ccc(CCNC(=O)c2ccc(N3CCN(C(C)=O)CC3)nn2)cc1. The quantitative estimate of drug-likeness (QED) is 0.805. The lowest BCUT2D eigenvalue weighted by Crippen LogP contribution is -2.48. The molecule has 2 heterocycles. The van der Waals surface area contributed by atoms with E-state index in [4.69, 9.17) is 4.74 Å². The van der Waals surface area contributed by atoms with Gasteiger partial charge in [0.1, 0.15) is 5.75 Å². The highest BCUT2D eigenvalue weighted by Gasteiger charge is 2.20. The van der Waals surface area contributed by atoms with E-state index in [0.717, 1.165) is 23.6 Å². The van der Waals surface area contributed by atoms with Gasteiger partial charge in [0.05, 0.1) is 7.11 Å². The monoisotopic (exact) mass is 383 g/mol. The second-order valence-corrected chi connectivity index (χ2v) is 6.62. The molecule has 1 aliphatic rings. The van der Waals surface area contributed by atoms with E-state index in [-0.39, 0.29) is 11.8 Å². The van der Waals surface area contributed by atoms with Crippen molar-refractivity contribution in [1.29, 1.82) is 0 Å². The Labute approximate surface area is 164 Å². The van der Waals surface area contributed by atoms with Crippen LogP contribution in [-0.2, 0) is 11.2 Å². The summed E-state index contributed by atoms with van der Waals surface area (Å²) in [7, 11) is 1.63. The summed E-state index contributed by atoms with van der Waals surface area (Å²) < 4.78 is 5.13. The molecule has 148 valence electrons. The fourth-order valence-corrected chi connectivity index (χ4v) is 3.07. The number of anilines is 1. The van der Waals surface area contributed by atoms with Crippen LogP contribution in [0.2, 0.25) is 0 Å². The summed E-state index contributed by atoms with van der Waals surface area (Å²) in [6.45, 7) is 4.86. The summed E-state index contributed by atoms with van der Waals surface area (Å²) >= 11 is 0. The van der Waals surface area contributed by atoms with Gasteiger partial charge in [-0.25, -0.2) is 0 Å². The molecule has 2 amide bonds. The molecule has 1 aliphatic heterocycles. The lowest BCUT2D eigenvalue weighted by molar-refractivity contribution is -0.129. The van der Waals surface area contributed by atoms with Crippen molar-refractivity contribution in [1.82, 2.24) is 20.4 Å². The van der Waals surface area contributed by atoms with Gasteiger partial charge < -0.3 is 19.9 Å². The molecule has 0 saturated carbocycles. The van der Waals surface area contributed by atoms with Crippen LogP contribution in [0.25, 0.3) is 0 Å². The van der Waals surface area contributed by atoms with E-state index in [1.165, 1.54) is 0 Å². The number of nitrogens with zero attached hydrogens (tertiary/aromatic N) is 4. The number of benzene rings is 1. The Morgan fingerprint density at radius 1 is 1.04 bits per heavy atom. The Hall–Kier alpha value is -3.16. The largest absolute Gasteiger partial charge is 0.497 e. The van der Waals surface area contributed by atoms with Crippen LogP contribution in [-0.4, -0.2) is 66.7 Å². The molecular weight excluding hydrogens is 358 g/mol. The van der Waals surface area contributed by atoms with E-state index in [1.54, 1.807) is 26.2 Å². The molecule has 0 bridgehead atoms. The highest BCUT2D eigenvalue weighted by atomic mass is 16.5. The van der Waals surface area contributed by atoms with Crippen LogP contribution in [0.1, 0.15) is 23.0 Å². The number of amides is 2. The fourth-order valence-electron chi connectivity index (χ4n) is 3.07. The molecule has 8 heteroatoms. The molecule has 0 atom stereocenters. The zero-order chi connectivity index (χ0) is 19.9. The second kappa shape index (κ2) is 9.16. The maximum atomic E-state index is 12.2. The smallest absolute Gasteiger partial charge is 0.271 e. The van der Waals surface area contributed by atoms with Crippen LogP contribution in [0.5, 0.6) is 5.75 Å². The molecule has 1 aromatic heterocycles. The third kappa shape index (κ3) is 4.97. The number of aromatic nitrogens is 2. The molecule has 0 unspecified atom stereocenters. The maximum absolute atomic E-state index is 12.2. The predicted molar refractivity (Wildman–Crippen MR) is 106 cm³/mol. The first-order chi connectivity index (χ1) is 13.6. The van der Waals surface area contributed by atoms with Crippen LogP contribution >= 0.6 is 0 Å². The van der Waals surface area contributed by atoms with Crippen LogP contribution < -0.4 is 15.0 Å². The van der Waals surface area contributed by atoms with Crippen molar-refractivity contribution in [3.63, 3.8) is 0 Å². The summed E-state index contributed by atoms with van der Waals surface area (Å²) in [5.41, 5.74) is 1.41. The molecular formula is C20H25N5O3. The highest BCUT2D eigenvalue weighted by molar-refractivity contribution is 5.92. The third-order valence-corrected chi connectivity index (χ3v) is 4.79. The zero-order valence-electron chi connectivity index (χ0n) is 16.2. The summed E-state index contributed by atoms with van der Waals surface area (Å²) in [6.07, 6.45) is 0.724. The van der Waals surface area contributed by atoms with Crippen molar-refractivity contribution < 1.29 is 14.3 Å². The van der Waals surface area contributed by atoms with Crippen LogP contribution in [0.3, 0.4) is 0 Å². The average Bonchev–Trinajstić information content (AvgIpc) is 2.74. The van der Waals surface area contributed by atoms with Crippen molar-refractivity contribution in [2.45, 2.75) is 13.3 Å². The standard InChI is InChI=1S/C20H25N5O3/c1-15(26)24-11-13-25(14-12-24)19-8-7-18(22-23-19)20(27)21-10-9-16-3-5-17(28-2)6-4-16/h3-8H,9-14H2,1-2H3,(H,21,27). The molecule has 0 spiro atoms. The Balaban J connectivity index is 1.47. The van der Waals surface area contributed by atoms with E-state index in [9.17, 15) is 9.59 Å². The van der Waals surface area contributed by atoms with Crippen LogP contribution in [0.15, 0.2) is 36.4 Å². The lowest BCUT2D eigenvalue weighted by atomic mass is 10.1. The molecule has 3 rings (SSSR count). The number of rotatable bonds is 6. The summed E-state index contributed by atoms with van der Waals surface area (Å²) in [6, 6.07) is 11.2. The first-order valence-corrected chi connectivity index (χ1v) is 9.32. The molecule has 28 heavy (non-hydrogen) atoms. The van der Waals surface area contributed by atoms with Gasteiger partial charge in [0.25, 0.3) is 5.91 Å². The van der Waals surface area contributed by atoms with Crippen molar-refractivity contribution in [3.8, 4) is 5.75 Å². The van der Waals surface area contributed by atoms with E-state index in [2.05, 4.69) is 20.4 Å². The molecule has 2 aromatic rings. The van der Waals surface area contributed by atoms with Gasteiger partial charge in [0, 0.05) is 39.6 Å². The van der Waals surface area contributed by atoms with E-state index in [1.807, 2.05) is 29.2 Å². The van der Waals surface area contributed by atoms with Gasteiger partial charge in [-0.05, 0) is 36.2 Å². The fraction of sp³-hybridized carbons (Fsp3) is 0.400. The first-order valence-electron chi connectivity index (χ1n) is 9.32. The number of hydrogen-bond acceptors (Lipinski definition) is 6. The predicted octanol–water partition coefficient (Wildman–Crippen LogP) is 1.13. The Morgan fingerprint density at radius 2 is 1.75 bits per heavy atom. The van der Waals surface area contributed by atoms with Crippen molar-refractivity contribution in [3.05, 3.63) is 47.7 Å². The summed E-state index contributed by atoms with van der Waals surface area (Å²) in [5.74, 6) is 1.38. The van der Waals surface area contributed by atoms with E-state index < -0.39 is 0 Å². The minimum absolute atomic E-state index is 0.0902. The summed E-state index contributed by atoms with van der Waals surface area (Å²) in [5, 5.41) is 11.1. The molecule has 1 saturated heterocycles. The van der Waals surface area contributed by atoms with Crippen molar-refractivity contribution in [2.24, 2.45) is 0 Å². The normalized spacial score (nSPS) is 13.9. The number of carbonyl (C=O) groups excluding carboxylic acids is 2. The number of hydrogen-bond donors (Lipinski definition) is 1. The molecule has 1 fully saturated rings. The summed E-state index contributed by atoms with van der Waals surface area (Å²) in [4.78, 5) is 27.5. The first kappa shape index (κ1) is 19.6. The molecule has 8 nitrogen and oxygen atoms in total. The Morgan fingerprint density at radius 3 is 2.32 bits per heavy atom. The van der Waals surface area contributed by atoms with Crippen LogP contribution in [0.4, 0.5) is 5.82 Å². The maximum Gasteiger partial charge on any atom is 0.271 e. The molecule has 1 N–H and O–H groups in total. The van der Waals surface area contributed by atoms with Gasteiger partial charge in [-0.1, -0.05) is 12.1 Å². The number of carbonyl (C=O) groups is 2. The molecule has 0 aliphatic carbocycles. The Bertz CT molecular complexity index is 800. The molecule has 1 aromatic carbocycles. The van der Waals surface area contributed by atoms with Gasteiger partial charge in [-0.15, -0.1) is 10.2 Å². The Kier molecular flexibility index (Phi) is 6.41. The van der Waals surface area contributed by atoms with E-state index in [0.29, 0.717) is 38.4 Å². The highest BCUT2D eigenvalue weighted by Crippen LogP contribution is 2.13. The number of ether oxygens (including phenoxy) is 1. The third-order valence-electron chi connectivity index (χ3n) is 4.79. The number of nitrogens with one attached hydrogen (secondary N) is 1. The van der Waals surface area contributed by atoms with Gasteiger partial charge in [-0.2, -0.15) is 0 Å². The van der Waals surface area contributed by atoms with Gasteiger partial charge in [-0.3, -0.25) is 9.59 Å². The second-order valence-electron chi connectivity index (χ2n) is 6.62. The average molecular weight is 383 g/mol. The van der Waals surface area contributed by atoms with Gasteiger partial charge >= 0.3 is 0 Å². The van der Waals surface area contributed by atoms with Crippen molar-refractivity contribution >= 4 is 17.6 Å². The topological polar surface area (TPSA) is 87.7 Å². The van der Waals surface area contributed by atoms with Crippen LogP contribution in [0, 0.1) is 0 Å². The van der Waals surface area contributed by atoms with Gasteiger partial charge in [0.15, 0.2) is 11.5 Å². The lowest BCUT2D eigenvalue weighted by Gasteiger charge is -2.34. The number of piperazine rings is 1. The number of methoxy groups -OCH3 is 1. The van der Waals surface area contributed by atoms with Crippen molar-refractivity contribution in [2.75, 3.05) is 44.7 Å². The molecule has 0 radical (unpaired) electrons. The minimum atomic E-state index is -0.242.